The van der Waals surface area contributed by atoms with Gasteiger partial charge < -0.3 is 10.2 Å². The largest absolute Gasteiger partial charge is 0.348 e. The van der Waals surface area contributed by atoms with Gasteiger partial charge in [0, 0.05) is 25.4 Å². The highest BCUT2D eigenvalue weighted by Crippen LogP contribution is 2.60. The topological polar surface area (TPSA) is 49.4 Å². The van der Waals surface area contributed by atoms with E-state index in [-0.39, 0.29) is 17.9 Å². The third-order valence-electron chi connectivity index (χ3n) is 6.81. The zero-order valence-electron chi connectivity index (χ0n) is 15.9. The van der Waals surface area contributed by atoms with Crippen LogP contribution in [0.5, 0.6) is 0 Å². The molecule has 4 aliphatic rings. The van der Waals surface area contributed by atoms with Crippen molar-refractivity contribution in [2.24, 2.45) is 23.2 Å². The fraction of sp³-hybridized carbons (Fsp3) is 0.714. The number of hydrogen-bond donors (Lipinski definition) is 1. The van der Waals surface area contributed by atoms with Gasteiger partial charge >= 0.3 is 0 Å². The van der Waals surface area contributed by atoms with Crippen molar-refractivity contribution in [2.45, 2.75) is 57.9 Å². The van der Waals surface area contributed by atoms with E-state index in [9.17, 15) is 9.59 Å². The van der Waals surface area contributed by atoms with E-state index in [0.29, 0.717) is 11.8 Å². The third kappa shape index (κ3) is 3.68. The van der Waals surface area contributed by atoms with Crippen molar-refractivity contribution in [3.05, 3.63) is 22.4 Å². The maximum absolute atomic E-state index is 12.9. The normalized spacial score (nSPS) is 33.1. The molecule has 0 spiro atoms. The minimum Gasteiger partial charge on any atom is -0.348 e. The second-order valence-corrected chi connectivity index (χ2v) is 10.1. The van der Waals surface area contributed by atoms with Gasteiger partial charge in [-0.1, -0.05) is 6.07 Å². The van der Waals surface area contributed by atoms with Crippen molar-refractivity contribution in [2.75, 3.05) is 13.6 Å². The monoisotopic (exact) mass is 374 g/mol. The molecule has 5 rings (SSSR count). The summed E-state index contributed by atoms with van der Waals surface area (Å²) >= 11 is 1.60. The molecule has 1 aromatic rings. The lowest BCUT2D eigenvalue weighted by Crippen LogP contribution is -2.51. The lowest BCUT2D eigenvalue weighted by molar-refractivity contribution is -0.136. The molecule has 1 heterocycles. The van der Waals surface area contributed by atoms with Crippen LogP contribution >= 0.6 is 11.3 Å². The molecule has 4 nitrogen and oxygen atoms in total. The maximum Gasteiger partial charge on any atom is 0.224 e. The number of carbonyl (C=O) groups is 2. The van der Waals surface area contributed by atoms with Gasteiger partial charge in [-0.15, -0.1) is 11.3 Å². The van der Waals surface area contributed by atoms with Crippen molar-refractivity contribution in [3.8, 4) is 0 Å². The van der Waals surface area contributed by atoms with Crippen LogP contribution in [-0.2, 0) is 9.59 Å². The molecule has 0 aliphatic heterocycles. The summed E-state index contributed by atoms with van der Waals surface area (Å²) in [5.74, 6) is 2.78. The second-order valence-electron chi connectivity index (χ2n) is 9.14. The van der Waals surface area contributed by atoms with Gasteiger partial charge in [-0.2, -0.15) is 0 Å². The van der Waals surface area contributed by atoms with Crippen molar-refractivity contribution < 1.29 is 9.59 Å². The molecular weight excluding hydrogens is 344 g/mol. The van der Waals surface area contributed by atoms with Gasteiger partial charge in [0.05, 0.1) is 12.5 Å². The SMILES string of the molecule is CC(=O)NC(CC(=O)N(C)CC12CC3CC(CC(C3)C1)C2)c1cccs1. The summed E-state index contributed by atoms with van der Waals surface area (Å²) < 4.78 is 0. The van der Waals surface area contributed by atoms with Gasteiger partial charge in [0.1, 0.15) is 0 Å². The number of thiophene rings is 1. The van der Waals surface area contributed by atoms with Crippen LogP contribution in [0, 0.1) is 23.2 Å². The van der Waals surface area contributed by atoms with Crippen LogP contribution in [0.3, 0.4) is 0 Å². The molecule has 1 atom stereocenters. The van der Waals surface area contributed by atoms with E-state index in [4.69, 9.17) is 0 Å². The summed E-state index contributed by atoms with van der Waals surface area (Å²) in [4.78, 5) is 27.5. The predicted octanol–water partition coefficient (Wildman–Crippen LogP) is 3.99. The molecule has 142 valence electrons. The number of nitrogens with zero attached hydrogens (tertiary/aromatic N) is 1. The Kier molecular flexibility index (Phi) is 4.84. The van der Waals surface area contributed by atoms with Gasteiger partial charge in [0.25, 0.3) is 0 Å². The van der Waals surface area contributed by atoms with E-state index >= 15 is 0 Å². The lowest BCUT2D eigenvalue weighted by atomic mass is 9.49. The molecule has 1 N–H and O–H groups in total. The van der Waals surface area contributed by atoms with Crippen LogP contribution in [0.25, 0.3) is 0 Å². The quantitative estimate of drug-likeness (QED) is 0.818. The van der Waals surface area contributed by atoms with E-state index in [1.54, 1.807) is 11.3 Å². The molecule has 26 heavy (non-hydrogen) atoms. The van der Waals surface area contributed by atoms with Crippen molar-refractivity contribution in [1.82, 2.24) is 10.2 Å². The molecule has 0 aromatic carbocycles. The standard InChI is InChI=1S/C21H30N2O2S/c1-14(24)22-18(19-4-3-5-26-19)9-20(25)23(2)13-21-10-15-6-16(11-21)8-17(7-15)12-21/h3-5,15-18H,6-13H2,1-2H3,(H,22,24). The minimum atomic E-state index is -0.209. The molecule has 4 bridgehead atoms. The molecule has 4 saturated carbocycles. The number of carbonyl (C=O) groups excluding carboxylic acids is 2. The molecule has 4 fully saturated rings. The van der Waals surface area contributed by atoms with Crippen molar-refractivity contribution in [3.63, 3.8) is 0 Å². The lowest BCUT2D eigenvalue weighted by Gasteiger charge is -2.57. The first-order valence-electron chi connectivity index (χ1n) is 9.97. The van der Waals surface area contributed by atoms with E-state index in [1.807, 2.05) is 29.5 Å². The fourth-order valence-electron chi connectivity index (χ4n) is 6.36. The number of nitrogens with one attached hydrogen (secondary N) is 1. The summed E-state index contributed by atoms with van der Waals surface area (Å²) in [5, 5.41) is 4.95. The molecule has 1 aromatic heterocycles. The third-order valence-corrected chi connectivity index (χ3v) is 7.79. The van der Waals surface area contributed by atoms with Crippen LogP contribution < -0.4 is 5.32 Å². The number of rotatable bonds is 6. The summed E-state index contributed by atoms with van der Waals surface area (Å²) in [6, 6.07) is 3.76. The molecule has 1 unspecified atom stereocenters. The Hall–Kier alpha value is -1.36. The highest BCUT2D eigenvalue weighted by atomic mass is 32.1. The Morgan fingerprint density at radius 1 is 1.23 bits per heavy atom. The molecule has 4 aliphatic carbocycles. The Morgan fingerprint density at radius 2 is 1.85 bits per heavy atom. The Labute approximate surface area is 160 Å². The minimum absolute atomic E-state index is 0.0834. The van der Waals surface area contributed by atoms with Crippen molar-refractivity contribution in [1.29, 1.82) is 0 Å². The Bertz CT molecular complexity index is 634. The summed E-state index contributed by atoms with van der Waals surface area (Å²) in [6.45, 7) is 2.41. The molecule has 5 heteroatoms. The van der Waals surface area contributed by atoms with Crippen LogP contribution in [0.2, 0.25) is 0 Å². The second kappa shape index (κ2) is 6.99. The van der Waals surface area contributed by atoms with E-state index in [2.05, 4.69) is 5.32 Å². The summed E-state index contributed by atoms with van der Waals surface area (Å²) in [7, 11) is 1.96. The number of hydrogen-bond acceptors (Lipinski definition) is 3. The van der Waals surface area contributed by atoms with Crippen LogP contribution in [0.15, 0.2) is 17.5 Å². The zero-order valence-corrected chi connectivity index (χ0v) is 16.7. The smallest absolute Gasteiger partial charge is 0.224 e. The van der Waals surface area contributed by atoms with Gasteiger partial charge in [0.2, 0.25) is 11.8 Å². The van der Waals surface area contributed by atoms with Crippen LogP contribution in [0.1, 0.15) is 62.8 Å². The molecule has 0 saturated heterocycles. The fourth-order valence-corrected chi connectivity index (χ4v) is 7.14. The summed E-state index contributed by atoms with van der Waals surface area (Å²) in [5.41, 5.74) is 0.367. The van der Waals surface area contributed by atoms with Gasteiger partial charge in [-0.3, -0.25) is 9.59 Å². The summed E-state index contributed by atoms with van der Waals surface area (Å²) in [6.07, 6.45) is 8.59. The highest BCUT2D eigenvalue weighted by molar-refractivity contribution is 7.10. The average Bonchev–Trinajstić information content (AvgIpc) is 3.06. The van der Waals surface area contributed by atoms with Gasteiger partial charge in [-0.05, 0) is 73.1 Å². The molecule has 0 radical (unpaired) electrons. The molecular formula is C21H30N2O2S. The Balaban J connectivity index is 1.40. The van der Waals surface area contributed by atoms with Gasteiger partial charge in [0.15, 0.2) is 0 Å². The molecule has 2 amide bonds. The zero-order chi connectivity index (χ0) is 18.3. The predicted molar refractivity (Wildman–Crippen MR) is 104 cm³/mol. The maximum atomic E-state index is 12.9. The first-order valence-corrected chi connectivity index (χ1v) is 10.8. The number of amides is 2. The van der Waals surface area contributed by atoms with E-state index in [0.717, 1.165) is 29.2 Å². The van der Waals surface area contributed by atoms with Crippen molar-refractivity contribution >= 4 is 23.2 Å². The Morgan fingerprint density at radius 3 is 2.35 bits per heavy atom. The average molecular weight is 375 g/mol. The first-order chi connectivity index (χ1) is 12.4. The van der Waals surface area contributed by atoms with Crippen LogP contribution in [-0.4, -0.2) is 30.3 Å². The van der Waals surface area contributed by atoms with Gasteiger partial charge in [-0.25, -0.2) is 0 Å². The van der Waals surface area contributed by atoms with E-state index in [1.165, 1.54) is 45.4 Å². The van der Waals surface area contributed by atoms with E-state index < -0.39 is 0 Å². The first kappa shape index (κ1) is 18.0. The highest BCUT2D eigenvalue weighted by Gasteiger charge is 2.51. The van der Waals surface area contributed by atoms with Crippen LogP contribution in [0.4, 0.5) is 0 Å².